The summed E-state index contributed by atoms with van der Waals surface area (Å²) >= 11 is 0. The summed E-state index contributed by atoms with van der Waals surface area (Å²) in [6.07, 6.45) is -0.597. The lowest BCUT2D eigenvalue weighted by Gasteiger charge is -2.22. The number of β-amino-alcohol motifs (C(OH)–C–C–N with tert-alkyl or cyclic N) is 1. The van der Waals surface area contributed by atoms with Gasteiger partial charge in [-0.2, -0.15) is 0 Å². The maximum absolute atomic E-state index is 10.0. The van der Waals surface area contributed by atoms with Gasteiger partial charge in [0.25, 0.3) is 0 Å². The van der Waals surface area contributed by atoms with Crippen molar-refractivity contribution >= 4 is 18.1 Å². The van der Waals surface area contributed by atoms with Crippen LogP contribution >= 0.6 is 12.4 Å². The normalized spacial score (nSPS) is 13.5. The quantitative estimate of drug-likeness (QED) is 0.683. The summed E-state index contributed by atoms with van der Waals surface area (Å²) in [6, 6.07) is 16.4. The van der Waals surface area contributed by atoms with Gasteiger partial charge in [-0.05, 0) is 31.9 Å². The highest BCUT2D eigenvalue weighted by Crippen LogP contribution is 2.36. The van der Waals surface area contributed by atoms with E-state index in [4.69, 9.17) is 4.84 Å². The number of benzene rings is 2. The maximum atomic E-state index is 10.0. The molecule has 0 aliphatic heterocycles. The van der Waals surface area contributed by atoms with Crippen LogP contribution in [0.1, 0.15) is 31.9 Å². The third kappa shape index (κ3) is 4.60. The minimum Gasteiger partial charge on any atom is -0.392 e. The first-order valence-corrected chi connectivity index (χ1v) is 8.28. The molecule has 2 N–H and O–H groups in total. The molecule has 5 heteroatoms. The van der Waals surface area contributed by atoms with E-state index in [1.807, 2.05) is 24.3 Å². The molecule has 0 bridgehead atoms. The number of aliphatic hydroxyl groups is 1. The number of rotatable bonds is 5. The number of halogens is 1. The van der Waals surface area contributed by atoms with Crippen LogP contribution in [0.3, 0.4) is 0 Å². The molecule has 0 spiro atoms. The van der Waals surface area contributed by atoms with Gasteiger partial charge in [0, 0.05) is 23.2 Å². The van der Waals surface area contributed by atoms with Crippen molar-refractivity contribution in [1.82, 2.24) is 5.32 Å². The second-order valence-electron chi connectivity index (χ2n) is 7.11. The lowest BCUT2D eigenvalue weighted by Crippen LogP contribution is -2.42. The molecule has 2 aromatic rings. The fraction of sp³-hybridized carbons (Fsp3) is 0.350. The molecule has 0 saturated heterocycles. The molecule has 25 heavy (non-hydrogen) atoms. The van der Waals surface area contributed by atoms with Gasteiger partial charge in [0.15, 0.2) is 0 Å². The van der Waals surface area contributed by atoms with Gasteiger partial charge in [-0.1, -0.05) is 53.7 Å². The van der Waals surface area contributed by atoms with Gasteiger partial charge in [0.1, 0.15) is 18.4 Å². The fourth-order valence-corrected chi connectivity index (χ4v) is 2.76. The molecule has 0 radical (unpaired) electrons. The molecule has 3 rings (SSSR count). The molecular formula is C20H25ClN2O2. The fourth-order valence-electron chi connectivity index (χ4n) is 2.76. The van der Waals surface area contributed by atoms with Crippen molar-refractivity contribution in [2.75, 3.05) is 13.2 Å². The summed E-state index contributed by atoms with van der Waals surface area (Å²) in [6.45, 7) is 6.83. The van der Waals surface area contributed by atoms with E-state index in [1.165, 1.54) is 11.1 Å². The lowest BCUT2D eigenvalue weighted by molar-refractivity contribution is 0.0374. The number of aliphatic hydroxyl groups excluding tert-OH is 1. The molecule has 0 fully saturated rings. The predicted molar refractivity (Wildman–Crippen MR) is 104 cm³/mol. The summed E-state index contributed by atoms with van der Waals surface area (Å²) in [5.74, 6) is 0. The van der Waals surface area contributed by atoms with Crippen LogP contribution in [-0.2, 0) is 4.84 Å². The molecule has 134 valence electrons. The second-order valence-corrected chi connectivity index (χ2v) is 7.11. The number of oxime groups is 1. The Morgan fingerprint density at radius 2 is 1.44 bits per heavy atom. The third-order valence-electron chi connectivity index (χ3n) is 3.95. The highest BCUT2D eigenvalue weighted by Gasteiger charge is 2.24. The molecule has 2 aromatic carbocycles. The van der Waals surface area contributed by atoms with E-state index in [9.17, 15) is 5.11 Å². The zero-order valence-electron chi connectivity index (χ0n) is 14.8. The van der Waals surface area contributed by atoms with Gasteiger partial charge < -0.3 is 15.3 Å². The van der Waals surface area contributed by atoms with Gasteiger partial charge in [0.05, 0.1) is 0 Å². The summed E-state index contributed by atoms with van der Waals surface area (Å²) in [5, 5.41) is 17.6. The number of nitrogens with one attached hydrogen (secondary N) is 1. The van der Waals surface area contributed by atoms with Crippen molar-refractivity contribution in [1.29, 1.82) is 0 Å². The van der Waals surface area contributed by atoms with Crippen molar-refractivity contribution in [2.24, 2.45) is 5.16 Å². The van der Waals surface area contributed by atoms with Crippen molar-refractivity contribution < 1.29 is 9.94 Å². The van der Waals surface area contributed by atoms with Crippen LogP contribution in [0, 0.1) is 0 Å². The number of nitrogens with zero attached hydrogens (tertiary/aromatic N) is 1. The Morgan fingerprint density at radius 1 is 0.960 bits per heavy atom. The third-order valence-corrected chi connectivity index (χ3v) is 3.95. The van der Waals surface area contributed by atoms with Gasteiger partial charge in [-0.3, -0.25) is 0 Å². The number of hydrogen-bond donors (Lipinski definition) is 2. The first kappa shape index (κ1) is 19.4. The Bertz CT molecular complexity index is 706. The van der Waals surface area contributed by atoms with E-state index in [0.29, 0.717) is 6.54 Å². The van der Waals surface area contributed by atoms with Crippen LogP contribution in [0.5, 0.6) is 0 Å². The van der Waals surface area contributed by atoms with E-state index in [1.54, 1.807) is 0 Å². The molecule has 1 atom stereocenters. The number of hydrogen-bond acceptors (Lipinski definition) is 4. The monoisotopic (exact) mass is 360 g/mol. The minimum atomic E-state index is -0.597. The van der Waals surface area contributed by atoms with E-state index in [-0.39, 0.29) is 24.6 Å². The summed E-state index contributed by atoms with van der Waals surface area (Å²) in [7, 11) is 0. The van der Waals surface area contributed by atoms with Crippen molar-refractivity contribution in [3.05, 3.63) is 59.7 Å². The second kappa shape index (κ2) is 8.00. The predicted octanol–water partition coefficient (Wildman–Crippen LogP) is 3.61. The SMILES string of the molecule is CC(C)(C)NC[C@H](O)CON=C1c2ccccc2-c2ccccc21.Cl. The Kier molecular flexibility index (Phi) is 6.22. The smallest absolute Gasteiger partial charge is 0.144 e. The Labute approximate surface area is 155 Å². The first-order valence-electron chi connectivity index (χ1n) is 8.28. The van der Waals surface area contributed by atoms with Crippen LogP contribution in [-0.4, -0.2) is 35.6 Å². The zero-order valence-corrected chi connectivity index (χ0v) is 15.6. The summed E-state index contributed by atoms with van der Waals surface area (Å²) in [5.41, 5.74) is 5.28. The molecule has 1 aliphatic carbocycles. The van der Waals surface area contributed by atoms with Crippen molar-refractivity contribution in [3.8, 4) is 11.1 Å². The lowest BCUT2D eigenvalue weighted by atomic mass is 10.1. The van der Waals surface area contributed by atoms with Gasteiger partial charge in [-0.15, -0.1) is 12.4 Å². The van der Waals surface area contributed by atoms with Crippen LogP contribution in [0.2, 0.25) is 0 Å². The average Bonchev–Trinajstić information content (AvgIpc) is 2.87. The molecular weight excluding hydrogens is 336 g/mol. The molecule has 0 aromatic heterocycles. The van der Waals surface area contributed by atoms with E-state index >= 15 is 0 Å². The standard InChI is InChI=1S/C20H24N2O2.ClH/c1-20(2,3)21-12-14(23)13-24-22-19-17-10-6-4-8-15(17)16-9-5-7-11-18(16)19;/h4-11,14,21,23H,12-13H2,1-3H3;1H/t14-;/m0./s1. The largest absolute Gasteiger partial charge is 0.392 e. The van der Waals surface area contributed by atoms with E-state index in [0.717, 1.165) is 16.8 Å². The molecule has 0 heterocycles. The van der Waals surface area contributed by atoms with Crippen LogP contribution in [0.4, 0.5) is 0 Å². The van der Waals surface area contributed by atoms with E-state index in [2.05, 4.69) is 55.5 Å². The Morgan fingerprint density at radius 3 is 1.92 bits per heavy atom. The van der Waals surface area contributed by atoms with Crippen LogP contribution in [0.25, 0.3) is 11.1 Å². The van der Waals surface area contributed by atoms with Crippen molar-refractivity contribution in [2.45, 2.75) is 32.4 Å². The Balaban J connectivity index is 0.00000225. The maximum Gasteiger partial charge on any atom is 0.144 e. The summed E-state index contributed by atoms with van der Waals surface area (Å²) < 4.78 is 0. The van der Waals surface area contributed by atoms with Gasteiger partial charge >= 0.3 is 0 Å². The first-order chi connectivity index (χ1) is 11.5. The highest BCUT2D eigenvalue weighted by molar-refractivity contribution is 6.24. The molecule has 0 amide bonds. The molecule has 4 nitrogen and oxygen atoms in total. The van der Waals surface area contributed by atoms with E-state index < -0.39 is 6.10 Å². The van der Waals surface area contributed by atoms with Crippen LogP contribution in [0.15, 0.2) is 53.7 Å². The average molecular weight is 361 g/mol. The topological polar surface area (TPSA) is 53.8 Å². The minimum absolute atomic E-state index is 0. The zero-order chi connectivity index (χ0) is 17.2. The number of fused-ring (bicyclic) bond motifs is 3. The molecule has 1 aliphatic rings. The van der Waals surface area contributed by atoms with Gasteiger partial charge in [-0.25, -0.2) is 0 Å². The Hall–Kier alpha value is -1.88. The summed E-state index contributed by atoms with van der Waals surface area (Å²) in [4.78, 5) is 5.46. The van der Waals surface area contributed by atoms with Crippen LogP contribution < -0.4 is 5.32 Å². The van der Waals surface area contributed by atoms with Crippen molar-refractivity contribution in [3.63, 3.8) is 0 Å². The molecule has 0 saturated carbocycles. The molecule has 0 unspecified atom stereocenters. The highest BCUT2D eigenvalue weighted by atomic mass is 35.5. The van der Waals surface area contributed by atoms with Gasteiger partial charge in [0.2, 0.25) is 0 Å².